The molecule has 140 valence electrons. The molecule has 0 spiro atoms. The van der Waals surface area contributed by atoms with Gasteiger partial charge in [0.25, 0.3) is 0 Å². The van der Waals surface area contributed by atoms with Gasteiger partial charge in [-0.05, 0) is 64.8 Å². The van der Waals surface area contributed by atoms with Crippen LogP contribution in [-0.2, 0) is 0 Å². The van der Waals surface area contributed by atoms with E-state index < -0.39 is 0 Å². The second-order valence-electron chi connectivity index (χ2n) is 7.97. The van der Waals surface area contributed by atoms with Crippen molar-refractivity contribution in [3.63, 3.8) is 0 Å². The predicted octanol–water partition coefficient (Wildman–Crippen LogP) is 5.42. The van der Waals surface area contributed by atoms with Crippen LogP contribution in [0.1, 0.15) is 37.5 Å². The normalized spacial score (nSPS) is 11.3. The van der Waals surface area contributed by atoms with Crippen molar-refractivity contribution in [1.82, 2.24) is 15.0 Å². The highest BCUT2D eigenvalue weighted by molar-refractivity contribution is 5.70. The van der Waals surface area contributed by atoms with Crippen LogP contribution in [0, 0.1) is 20.8 Å². The molecule has 0 amide bonds. The molecule has 5 heteroatoms. The van der Waals surface area contributed by atoms with Crippen molar-refractivity contribution >= 4 is 17.5 Å². The number of benzene rings is 1. The zero-order chi connectivity index (χ0) is 19.6. The number of aromatic nitrogens is 3. The van der Waals surface area contributed by atoms with Crippen LogP contribution in [-0.4, -0.2) is 20.5 Å². The van der Waals surface area contributed by atoms with E-state index in [2.05, 4.69) is 69.3 Å². The Bertz CT molecular complexity index is 920. The van der Waals surface area contributed by atoms with Crippen molar-refractivity contribution in [3.8, 4) is 11.3 Å². The fourth-order valence-corrected chi connectivity index (χ4v) is 3.08. The quantitative estimate of drug-likeness (QED) is 0.650. The van der Waals surface area contributed by atoms with E-state index in [-0.39, 0.29) is 5.54 Å². The van der Waals surface area contributed by atoms with Gasteiger partial charge in [0.2, 0.25) is 5.95 Å². The summed E-state index contributed by atoms with van der Waals surface area (Å²) in [7, 11) is 0. The molecular formula is C22H27N5. The second-order valence-corrected chi connectivity index (χ2v) is 7.97. The van der Waals surface area contributed by atoms with Gasteiger partial charge in [-0.15, -0.1) is 0 Å². The summed E-state index contributed by atoms with van der Waals surface area (Å²) in [6, 6.07) is 10.2. The van der Waals surface area contributed by atoms with E-state index in [9.17, 15) is 0 Å². The molecule has 2 aromatic heterocycles. The monoisotopic (exact) mass is 361 g/mol. The van der Waals surface area contributed by atoms with Crippen molar-refractivity contribution in [2.24, 2.45) is 0 Å². The van der Waals surface area contributed by atoms with Gasteiger partial charge in [0, 0.05) is 35.2 Å². The van der Waals surface area contributed by atoms with E-state index in [0.717, 1.165) is 22.8 Å². The molecule has 2 N–H and O–H groups in total. The van der Waals surface area contributed by atoms with Crippen molar-refractivity contribution in [3.05, 3.63) is 59.4 Å². The first-order valence-corrected chi connectivity index (χ1v) is 9.14. The molecule has 0 bridgehead atoms. The Hall–Kier alpha value is -2.95. The van der Waals surface area contributed by atoms with Crippen molar-refractivity contribution < 1.29 is 0 Å². The molecular weight excluding hydrogens is 334 g/mol. The third kappa shape index (κ3) is 4.82. The largest absolute Gasteiger partial charge is 0.350 e. The highest BCUT2D eigenvalue weighted by Crippen LogP contribution is 2.28. The molecule has 0 atom stereocenters. The Morgan fingerprint density at radius 3 is 2.07 bits per heavy atom. The molecule has 3 aromatic rings. The topological polar surface area (TPSA) is 62.7 Å². The highest BCUT2D eigenvalue weighted by atomic mass is 15.2. The SMILES string of the molecule is Cc1cc(C)c(Nc2cc(-c3ccncc3)nc(NC(C)(C)C)n2)c(C)c1. The summed E-state index contributed by atoms with van der Waals surface area (Å²) in [6.45, 7) is 12.6. The van der Waals surface area contributed by atoms with Crippen LogP contribution in [0.4, 0.5) is 17.5 Å². The average molecular weight is 361 g/mol. The Morgan fingerprint density at radius 2 is 1.48 bits per heavy atom. The first-order chi connectivity index (χ1) is 12.7. The Morgan fingerprint density at radius 1 is 0.852 bits per heavy atom. The van der Waals surface area contributed by atoms with E-state index in [0.29, 0.717) is 5.95 Å². The minimum Gasteiger partial charge on any atom is -0.350 e. The van der Waals surface area contributed by atoms with Crippen molar-refractivity contribution in [1.29, 1.82) is 0 Å². The molecule has 5 nitrogen and oxygen atoms in total. The third-order valence-corrected chi connectivity index (χ3v) is 4.12. The number of rotatable bonds is 4. The average Bonchev–Trinajstić information content (AvgIpc) is 2.57. The molecule has 27 heavy (non-hydrogen) atoms. The maximum absolute atomic E-state index is 4.70. The van der Waals surface area contributed by atoms with E-state index in [1.54, 1.807) is 12.4 Å². The van der Waals surface area contributed by atoms with Crippen LogP contribution in [0.5, 0.6) is 0 Å². The van der Waals surface area contributed by atoms with E-state index in [1.807, 2.05) is 18.2 Å². The molecule has 0 unspecified atom stereocenters. The number of hydrogen-bond acceptors (Lipinski definition) is 5. The summed E-state index contributed by atoms with van der Waals surface area (Å²) in [4.78, 5) is 13.5. The number of anilines is 3. The fourth-order valence-electron chi connectivity index (χ4n) is 3.08. The zero-order valence-corrected chi connectivity index (χ0v) is 16.9. The van der Waals surface area contributed by atoms with Crippen molar-refractivity contribution in [2.45, 2.75) is 47.1 Å². The highest BCUT2D eigenvalue weighted by Gasteiger charge is 2.15. The van der Waals surface area contributed by atoms with Gasteiger partial charge in [-0.1, -0.05) is 17.7 Å². The molecule has 0 radical (unpaired) electrons. The lowest BCUT2D eigenvalue weighted by Gasteiger charge is -2.22. The summed E-state index contributed by atoms with van der Waals surface area (Å²) in [5.74, 6) is 1.36. The molecule has 3 rings (SSSR count). The first-order valence-electron chi connectivity index (χ1n) is 9.14. The van der Waals surface area contributed by atoms with Gasteiger partial charge in [0.05, 0.1) is 5.69 Å². The molecule has 2 heterocycles. The fraction of sp³-hybridized carbons (Fsp3) is 0.318. The number of pyridine rings is 1. The van der Waals surface area contributed by atoms with Gasteiger partial charge in [-0.3, -0.25) is 4.98 Å². The van der Waals surface area contributed by atoms with E-state index in [1.165, 1.54) is 16.7 Å². The lowest BCUT2D eigenvalue weighted by atomic mass is 10.1. The molecule has 0 fully saturated rings. The number of aryl methyl sites for hydroxylation is 3. The number of hydrogen-bond donors (Lipinski definition) is 2. The Labute approximate surface area is 161 Å². The van der Waals surface area contributed by atoms with E-state index in [4.69, 9.17) is 9.97 Å². The summed E-state index contributed by atoms with van der Waals surface area (Å²) < 4.78 is 0. The summed E-state index contributed by atoms with van der Waals surface area (Å²) in [5, 5.41) is 6.88. The third-order valence-electron chi connectivity index (χ3n) is 4.12. The standard InChI is InChI=1S/C22H27N5/c1-14-11-15(2)20(16(3)12-14)25-19-13-18(17-7-9-23-10-8-17)24-21(26-19)27-22(4,5)6/h7-13H,1-6H3,(H2,24,25,26,27). The minimum absolute atomic E-state index is 0.135. The first kappa shape index (κ1) is 18.8. The molecule has 0 saturated carbocycles. The smallest absolute Gasteiger partial charge is 0.225 e. The maximum Gasteiger partial charge on any atom is 0.225 e. The Kier molecular flexibility index (Phi) is 5.13. The molecule has 0 saturated heterocycles. The van der Waals surface area contributed by atoms with Crippen LogP contribution >= 0.6 is 0 Å². The van der Waals surface area contributed by atoms with Gasteiger partial charge < -0.3 is 10.6 Å². The van der Waals surface area contributed by atoms with Gasteiger partial charge in [0.15, 0.2) is 0 Å². The van der Waals surface area contributed by atoms with Gasteiger partial charge >= 0.3 is 0 Å². The summed E-state index contributed by atoms with van der Waals surface area (Å²) in [5.41, 5.74) is 6.45. The summed E-state index contributed by atoms with van der Waals surface area (Å²) in [6.07, 6.45) is 3.55. The van der Waals surface area contributed by atoms with Crippen LogP contribution < -0.4 is 10.6 Å². The van der Waals surface area contributed by atoms with Crippen LogP contribution in [0.2, 0.25) is 0 Å². The maximum atomic E-state index is 4.70. The molecule has 1 aromatic carbocycles. The van der Waals surface area contributed by atoms with Gasteiger partial charge in [-0.25, -0.2) is 4.98 Å². The van der Waals surface area contributed by atoms with Gasteiger partial charge in [-0.2, -0.15) is 4.98 Å². The Balaban J connectivity index is 2.05. The minimum atomic E-state index is -0.135. The van der Waals surface area contributed by atoms with Crippen LogP contribution in [0.3, 0.4) is 0 Å². The molecule has 0 aliphatic heterocycles. The van der Waals surface area contributed by atoms with Crippen LogP contribution in [0.15, 0.2) is 42.7 Å². The van der Waals surface area contributed by atoms with Gasteiger partial charge in [0.1, 0.15) is 5.82 Å². The predicted molar refractivity (Wildman–Crippen MR) is 113 cm³/mol. The lowest BCUT2D eigenvalue weighted by Crippen LogP contribution is -2.27. The van der Waals surface area contributed by atoms with Crippen molar-refractivity contribution in [2.75, 3.05) is 10.6 Å². The summed E-state index contributed by atoms with van der Waals surface area (Å²) >= 11 is 0. The van der Waals surface area contributed by atoms with E-state index >= 15 is 0 Å². The molecule has 0 aliphatic carbocycles. The van der Waals surface area contributed by atoms with Crippen LogP contribution in [0.25, 0.3) is 11.3 Å². The molecule has 0 aliphatic rings. The zero-order valence-electron chi connectivity index (χ0n) is 16.9. The number of nitrogens with one attached hydrogen (secondary N) is 2. The number of nitrogens with zero attached hydrogens (tertiary/aromatic N) is 3. The lowest BCUT2D eigenvalue weighted by molar-refractivity contribution is 0.626. The second kappa shape index (κ2) is 7.35.